The van der Waals surface area contributed by atoms with Gasteiger partial charge in [0.25, 0.3) is 5.91 Å². The van der Waals surface area contributed by atoms with Crippen LogP contribution in [-0.2, 0) is 24.3 Å². The summed E-state index contributed by atoms with van der Waals surface area (Å²) < 4.78 is 0. The molecular weight excluding hydrogens is 235 g/mol. The van der Waals surface area contributed by atoms with Crippen molar-refractivity contribution in [1.29, 1.82) is 0 Å². The number of aliphatic carboxylic acids is 1. The van der Waals surface area contributed by atoms with Gasteiger partial charge >= 0.3 is 5.97 Å². The van der Waals surface area contributed by atoms with E-state index in [2.05, 4.69) is 5.32 Å². The molecule has 0 spiro atoms. The van der Waals surface area contributed by atoms with Crippen LogP contribution in [0.4, 0.5) is 0 Å². The molecule has 0 saturated carbocycles. The average Bonchev–Trinajstić information content (AvgIpc) is 2.15. The third-order valence-corrected chi connectivity index (χ3v) is 1.44. The number of nitrogens with one attached hydrogen (secondary N) is 1. The molecule has 0 aliphatic rings. The van der Waals surface area contributed by atoms with Gasteiger partial charge in [0, 0.05) is 25.0 Å². The molecule has 0 heterocycles. The zero-order valence-electron chi connectivity index (χ0n) is 7.56. The fourth-order valence-corrected chi connectivity index (χ4v) is 0.847. The summed E-state index contributed by atoms with van der Waals surface area (Å²) in [7, 11) is 0. The standard InChI is InChI=1S/C9H9NO3.Zn/c11-8(12)6-10-9(13)7-4-2-1-3-5-7;/h1-5H,6H2,(H,10,13)(H,11,12);. The number of hydrogen-bond donors (Lipinski definition) is 2. The van der Waals surface area contributed by atoms with E-state index in [0.717, 1.165) is 0 Å². The van der Waals surface area contributed by atoms with E-state index >= 15 is 0 Å². The molecule has 1 amide bonds. The molecule has 0 aliphatic heterocycles. The molecule has 0 fully saturated rings. The maximum absolute atomic E-state index is 11.2. The smallest absolute Gasteiger partial charge is 0.322 e. The second-order valence-corrected chi connectivity index (χ2v) is 2.44. The quantitative estimate of drug-likeness (QED) is 0.761. The fourth-order valence-electron chi connectivity index (χ4n) is 0.847. The summed E-state index contributed by atoms with van der Waals surface area (Å²) in [6, 6.07) is 8.47. The van der Waals surface area contributed by atoms with Crippen LogP contribution in [0.3, 0.4) is 0 Å². The Labute approximate surface area is 94.1 Å². The number of hydrogen-bond acceptors (Lipinski definition) is 2. The third kappa shape index (κ3) is 4.14. The van der Waals surface area contributed by atoms with Gasteiger partial charge in [-0.15, -0.1) is 0 Å². The number of carbonyl (C=O) groups is 2. The van der Waals surface area contributed by atoms with Gasteiger partial charge in [0.15, 0.2) is 0 Å². The molecule has 70 valence electrons. The number of amides is 1. The minimum atomic E-state index is -1.05. The van der Waals surface area contributed by atoms with Crippen LogP contribution in [0.5, 0.6) is 0 Å². The zero-order valence-corrected chi connectivity index (χ0v) is 10.5. The Morgan fingerprint density at radius 3 is 2.29 bits per heavy atom. The molecule has 4 nitrogen and oxygen atoms in total. The van der Waals surface area contributed by atoms with Crippen molar-refractivity contribution in [1.82, 2.24) is 5.32 Å². The molecule has 0 bridgehead atoms. The Morgan fingerprint density at radius 1 is 1.21 bits per heavy atom. The molecule has 2 N–H and O–H groups in total. The maximum Gasteiger partial charge on any atom is 0.322 e. The van der Waals surface area contributed by atoms with Gasteiger partial charge in [-0.2, -0.15) is 0 Å². The number of carboxylic acid groups (broad SMARTS) is 1. The SMILES string of the molecule is O=C(O)CNC(=O)c1ccccc1.[Zn]. The molecule has 0 unspecified atom stereocenters. The summed E-state index contributed by atoms with van der Waals surface area (Å²) in [4.78, 5) is 21.3. The number of rotatable bonds is 3. The van der Waals surface area contributed by atoms with Crippen LogP contribution in [0, 0.1) is 0 Å². The molecule has 14 heavy (non-hydrogen) atoms. The van der Waals surface area contributed by atoms with Gasteiger partial charge in [-0.3, -0.25) is 9.59 Å². The Balaban J connectivity index is 0.00000169. The second-order valence-electron chi connectivity index (χ2n) is 2.44. The van der Waals surface area contributed by atoms with Crippen molar-refractivity contribution in [3.05, 3.63) is 35.9 Å². The Bertz CT molecular complexity index is 313. The molecule has 1 aromatic rings. The summed E-state index contributed by atoms with van der Waals surface area (Å²) in [5.74, 6) is -1.42. The molecule has 1 aromatic carbocycles. The van der Waals surface area contributed by atoms with Crippen molar-refractivity contribution in [2.24, 2.45) is 0 Å². The Kier molecular flexibility index (Phi) is 5.72. The van der Waals surface area contributed by atoms with Crippen LogP contribution in [0.1, 0.15) is 10.4 Å². The van der Waals surface area contributed by atoms with E-state index < -0.39 is 5.97 Å². The van der Waals surface area contributed by atoms with E-state index in [1.54, 1.807) is 30.3 Å². The minimum Gasteiger partial charge on any atom is -0.480 e. The second kappa shape index (κ2) is 6.27. The van der Waals surface area contributed by atoms with Crippen molar-refractivity contribution in [2.45, 2.75) is 0 Å². The Hall–Kier alpha value is -1.22. The van der Waals surface area contributed by atoms with E-state index in [0.29, 0.717) is 5.56 Å². The van der Waals surface area contributed by atoms with Gasteiger partial charge in [0.1, 0.15) is 6.54 Å². The monoisotopic (exact) mass is 243 g/mol. The van der Waals surface area contributed by atoms with Gasteiger partial charge in [-0.25, -0.2) is 0 Å². The number of carboxylic acids is 1. The first-order chi connectivity index (χ1) is 6.20. The predicted octanol–water partition coefficient (Wildman–Crippen LogP) is 0.498. The summed E-state index contributed by atoms with van der Waals surface area (Å²) in [5.41, 5.74) is 0.462. The molecular formula is C9H9NO3Zn. The van der Waals surface area contributed by atoms with E-state index in [-0.39, 0.29) is 31.9 Å². The zero-order chi connectivity index (χ0) is 9.68. The van der Waals surface area contributed by atoms with E-state index in [4.69, 9.17) is 5.11 Å². The van der Waals surface area contributed by atoms with Crippen LogP contribution < -0.4 is 5.32 Å². The van der Waals surface area contributed by atoms with E-state index in [1.165, 1.54) is 0 Å². The largest absolute Gasteiger partial charge is 0.480 e. The topological polar surface area (TPSA) is 66.4 Å². The van der Waals surface area contributed by atoms with E-state index in [1.807, 2.05) is 0 Å². The molecule has 0 aromatic heterocycles. The number of benzene rings is 1. The first kappa shape index (κ1) is 12.8. The number of carbonyl (C=O) groups excluding carboxylic acids is 1. The van der Waals surface area contributed by atoms with Crippen LogP contribution in [-0.4, -0.2) is 23.5 Å². The third-order valence-electron chi connectivity index (χ3n) is 1.44. The molecule has 0 aliphatic carbocycles. The fraction of sp³-hybridized carbons (Fsp3) is 0.111. The van der Waals surface area contributed by atoms with E-state index in [9.17, 15) is 9.59 Å². The summed E-state index contributed by atoms with van der Waals surface area (Å²) >= 11 is 0. The van der Waals surface area contributed by atoms with Crippen LogP contribution >= 0.6 is 0 Å². The van der Waals surface area contributed by atoms with Crippen molar-refractivity contribution in [3.8, 4) is 0 Å². The Morgan fingerprint density at radius 2 is 1.79 bits per heavy atom. The van der Waals surface area contributed by atoms with Crippen molar-refractivity contribution in [3.63, 3.8) is 0 Å². The normalized spacial score (nSPS) is 8.57. The van der Waals surface area contributed by atoms with Crippen LogP contribution in [0.25, 0.3) is 0 Å². The summed E-state index contributed by atoms with van der Waals surface area (Å²) in [6.07, 6.45) is 0. The molecule has 5 heteroatoms. The molecule has 0 radical (unpaired) electrons. The van der Waals surface area contributed by atoms with Crippen LogP contribution in [0.15, 0.2) is 30.3 Å². The van der Waals surface area contributed by atoms with Crippen molar-refractivity contribution in [2.75, 3.05) is 6.54 Å². The molecule has 0 atom stereocenters. The predicted molar refractivity (Wildman–Crippen MR) is 46.4 cm³/mol. The summed E-state index contributed by atoms with van der Waals surface area (Å²) in [5, 5.41) is 10.6. The van der Waals surface area contributed by atoms with Gasteiger partial charge in [-0.1, -0.05) is 18.2 Å². The van der Waals surface area contributed by atoms with Crippen molar-refractivity contribution < 1.29 is 34.2 Å². The average molecular weight is 245 g/mol. The minimum absolute atomic E-state index is 0. The first-order valence-corrected chi connectivity index (χ1v) is 3.75. The van der Waals surface area contributed by atoms with Gasteiger partial charge in [-0.05, 0) is 12.1 Å². The van der Waals surface area contributed by atoms with Gasteiger partial charge < -0.3 is 10.4 Å². The van der Waals surface area contributed by atoms with Gasteiger partial charge in [0.2, 0.25) is 0 Å². The first-order valence-electron chi connectivity index (χ1n) is 3.75. The molecule has 1 rings (SSSR count). The summed E-state index contributed by atoms with van der Waals surface area (Å²) in [6.45, 7) is -0.353. The molecule has 0 saturated heterocycles. The van der Waals surface area contributed by atoms with Gasteiger partial charge in [0.05, 0.1) is 0 Å². The van der Waals surface area contributed by atoms with Crippen molar-refractivity contribution >= 4 is 11.9 Å². The maximum atomic E-state index is 11.2. The van der Waals surface area contributed by atoms with Crippen LogP contribution in [0.2, 0.25) is 0 Å².